The predicted molar refractivity (Wildman–Crippen MR) is 111 cm³/mol. The van der Waals surface area contributed by atoms with Crippen molar-refractivity contribution in [3.05, 3.63) is 77.6 Å². The summed E-state index contributed by atoms with van der Waals surface area (Å²) in [4.78, 5) is 27.9. The number of carbonyl (C=O) groups is 1. The maximum atomic E-state index is 13.1. The quantitative estimate of drug-likeness (QED) is 0.535. The fourth-order valence-electron chi connectivity index (χ4n) is 3.21. The molecule has 2 heterocycles. The van der Waals surface area contributed by atoms with Crippen LogP contribution in [0, 0.1) is 13.8 Å². The monoisotopic (exact) mass is 386 g/mol. The van der Waals surface area contributed by atoms with Crippen LogP contribution in [0.3, 0.4) is 0 Å². The van der Waals surface area contributed by atoms with Crippen LogP contribution in [0.5, 0.6) is 0 Å². The highest BCUT2D eigenvalue weighted by Crippen LogP contribution is 2.23. The molecule has 29 heavy (non-hydrogen) atoms. The van der Waals surface area contributed by atoms with E-state index in [2.05, 4.69) is 20.1 Å². The molecule has 2 aromatic heterocycles. The van der Waals surface area contributed by atoms with Crippen LogP contribution in [-0.4, -0.2) is 42.6 Å². The summed E-state index contributed by atoms with van der Waals surface area (Å²) < 4.78 is 1.70. The topological polar surface area (TPSA) is 76.8 Å². The second-order valence-electron chi connectivity index (χ2n) is 7.12. The van der Waals surface area contributed by atoms with Gasteiger partial charge in [-0.15, -0.1) is 0 Å². The molecule has 0 aliphatic rings. The van der Waals surface area contributed by atoms with Gasteiger partial charge in [-0.25, -0.2) is 19.6 Å². The zero-order chi connectivity index (χ0) is 20.5. The molecule has 0 aliphatic carbocycles. The summed E-state index contributed by atoms with van der Waals surface area (Å²) in [5.41, 5.74) is 5.86. The number of rotatable bonds is 4. The molecule has 0 bridgehead atoms. The van der Waals surface area contributed by atoms with Gasteiger partial charge in [0.2, 0.25) is 0 Å². The van der Waals surface area contributed by atoms with Crippen LogP contribution in [0.1, 0.15) is 40.3 Å². The lowest BCUT2D eigenvalue weighted by Gasteiger charge is -2.25. The number of hydrogen-bond acceptors (Lipinski definition) is 5. The van der Waals surface area contributed by atoms with Crippen molar-refractivity contribution in [2.45, 2.75) is 26.8 Å². The molecule has 0 N–H and O–H groups in total. The maximum Gasteiger partial charge on any atom is 0.254 e. The van der Waals surface area contributed by atoms with E-state index in [1.807, 2.05) is 70.3 Å². The van der Waals surface area contributed by atoms with Crippen LogP contribution < -0.4 is 0 Å². The van der Waals surface area contributed by atoms with E-state index in [4.69, 9.17) is 0 Å². The lowest BCUT2D eigenvalue weighted by Crippen LogP contribution is -2.29. The molecule has 7 heteroatoms. The highest BCUT2D eigenvalue weighted by Gasteiger charge is 2.20. The Labute approximate surface area is 169 Å². The summed E-state index contributed by atoms with van der Waals surface area (Å²) in [6.07, 6.45) is 3.15. The molecule has 4 rings (SSSR count). The molecule has 2 aromatic carbocycles. The van der Waals surface area contributed by atoms with E-state index in [1.54, 1.807) is 15.9 Å². The number of fused-ring (bicyclic) bond motifs is 1. The van der Waals surface area contributed by atoms with Crippen molar-refractivity contribution in [1.82, 2.24) is 29.6 Å². The van der Waals surface area contributed by atoms with Crippen molar-refractivity contribution < 1.29 is 4.79 Å². The maximum absolute atomic E-state index is 13.1. The van der Waals surface area contributed by atoms with Crippen molar-refractivity contribution in [2.24, 2.45) is 0 Å². The Morgan fingerprint density at radius 3 is 2.34 bits per heavy atom. The third-order valence-electron chi connectivity index (χ3n) is 5.28. The van der Waals surface area contributed by atoms with Crippen molar-refractivity contribution in [3.8, 4) is 5.69 Å². The van der Waals surface area contributed by atoms with Crippen LogP contribution in [-0.2, 0) is 0 Å². The summed E-state index contributed by atoms with van der Waals surface area (Å²) >= 11 is 0. The van der Waals surface area contributed by atoms with E-state index in [9.17, 15) is 4.79 Å². The summed E-state index contributed by atoms with van der Waals surface area (Å²) in [5, 5.41) is 4.13. The molecule has 0 aliphatic heterocycles. The Hall–Kier alpha value is -3.61. The standard InChI is InChI=1S/C22H22N6O/c1-14-15(2)26-21-11-18(7-10-20(21)25-14)22(29)27(4)16(3)17-5-8-19(9-6-17)28-13-23-12-24-28/h5-13,16H,1-4H3. The van der Waals surface area contributed by atoms with Gasteiger partial charge in [0.15, 0.2) is 0 Å². The molecule has 4 aromatic rings. The summed E-state index contributed by atoms with van der Waals surface area (Å²) in [5.74, 6) is -0.0558. The van der Waals surface area contributed by atoms with Crippen LogP contribution in [0.2, 0.25) is 0 Å². The minimum atomic E-state index is -0.0890. The largest absolute Gasteiger partial charge is 0.335 e. The number of aryl methyl sites for hydroxylation is 2. The van der Waals surface area contributed by atoms with Gasteiger partial charge in [0.1, 0.15) is 12.7 Å². The van der Waals surface area contributed by atoms with E-state index >= 15 is 0 Å². The first kappa shape index (κ1) is 18.7. The van der Waals surface area contributed by atoms with Gasteiger partial charge in [0, 0.05) is 12.6 Å². The van der Waals surface area contributed by atoms with Gasteiger partial charge in [-0.3, -0.25) is 4.79 Å². The molecule has 0 radical (unpaired) electrons. The molecule has 0 spiro atoms. The van der Waals surface area contributed by atoms with Crippen LogP contribution in [0.4, 0.5) is 0 Å². The Morgan fingerprint density at radius 1 is 1.00 bits per heavy atom. The molecular weight excluding hydrogens is 364 g/mol. The van der Waals surface area contributed by atoms with Crippen molar-refractivity contribution in [2.75, 3.05) is 7.05 Å². The van der Waals surface area contributed by atoms with E-state index in [-0.39, 0.29) is 11.9 Å². The Morgan fingerprint density at radius 2 is 1.69 bits per heavy atom. The fraction of sp³-hybridized carbons (Fsp3) is 0.227. The van der Waals surface area contributed by atoms with E-state index in [1.165, 1.54) is 6.33 Å². The normalized spacial score (nSPS) is 12.1. The second-order valence-corrected chi connectivity index (χ2v) is 7.12. The minimum absolute atomic E-state index is 0.0558. The van der Waals surface area contributed by atoms with E-state index < -0.39 is 0 Å². The SMILES string of the molecule is Cc1nc2ccc(C(=O)N(C)C(C)c3ccc(-n4cncn4)cc3)cc2nc1C. The first-order chi connectivity index (χ1) is 13.9. The van der Waals surface area contributed by atoms with Crippen LogP contribution in [0.15, 0.2) is 55.1 Å². The van der Waals surface area contributed by atoms with Crippen LogP contribution >= 0.6 is 0 Å². The number of hydrogen-bond donors (Lipinski definition) is 0. The summed E-state index contributed by atoms with van der Waals surface area (Å²) in [6.45, 7) is 5.87. The fourth-order valence-corrected chi connectivity index (χ4v) is 3.21. The number of carbonyl (C=O) groups excluding carboxylic acids is 1. The highest BCUT2D eigenvalue weighted by atomic mass is 16.2. The first-order valence-electron chi connectivity index (χ1n) is 9.41. The van der Waals surface area contributed by atoms with Gasteiger partial charge >= 0.3 is 0 Å². The Bertz CT molecular complexity index is 1170. The van der Waals surface area contributed by atoms with Gasteiger partial charge in [0.05, 0.1) is 34.2 Å². The van der Waals surface area contributed by atoms with Gasteiger partial charge in [-0.1, -0.05) is 12.1 Å². The summed E-state index contributed by atoms with van der Waals surface area (Å²) in [7, 11) is 1.81. The predicted octanol–water partition coefficient (Wildman–Crippen LogP) is 3.66. The molecule has 1 unspecified atom stereocenters. The van der Waals surface area contributed by atoms with Gasteiger partial charge < -0.3 is 4.90 Å². The molecule has 0 saturated heterocycles. The molecule has 0 fully saturated rings. The Kier molecular flexibility index (Phi) is 4.80. The van der Waals surface area contributed by atoms with Gasteiger partial charge in [-0.05, 0) is 56.7 Å². The molecule has 1 atom stereocenters. The lowest BCUT2D eigenvalue weighted by atomic mass is 10.1. The smallest absolute Gasteiger partial charge is 0.254 e. The van der Waals surface area contributed by atoms with Crippen molar-refractivity contribution >= 4 is 16.9 Å². The third-order valence-corrected chi connectivity index (χ3v) is 5.28. The third kappa shape index (κ3) is 3.59. The van der Waals surface area contributed by atoms with Gasteiger partial charge in [0.25, 0.3) is 5.91 Å². The molecular formula is C22H22N6O. The number of aromatic nitrogens is 5. The second kappa shape index (κ2) is 7.43. The molecule has 1 amide bonds. The number of benzene rings is 2. The average Bonchev–Trinajstić information content (AvgIpc) is 3.28. The molecule has 7 nitrogen and oxygen atoms in total. The zero-order valence-corrected chi connectivity index (χ0v) is 16.9. The lowest BCUT2D eigenvalue weighted by molar-refractivity contribution is 0.0743. The minimum Gasteiger partial charge on any atom is -0.335 e. The number of nitrogens with zero attached hydrogens (tertiary/aromatic N) is 6. The van der Waals surface area contributed by atoms with E-state index in [0.29, 0.717) is 5.56 Å². The summed E-state index contributed by atoms with van der Waals surface area (Å²) in [6, 6.07) is 13.3. The van der Waals surface area contributed by atoms with Crippen molar-refractivity contribution in [1.29, 1.82) is 0 Å². The van der Waals surface area contributed by atoms with Gasteiger partial charge in [-0.2, -0.15) is 5.10 Å². The number of amides is 1. The average molecular weight is 386 g/mol. The van der Waals surface area contributed by atoms with Crippen LogP contribution in [0.25, 0.3) is 16.7 Å². The highest BCUT2D eigenvalue weighted by molar-refractivity contribution is 5.97. The van der Waals surface area contributed by atoms with E-state index in [0.717, 1.165) is 33.7 Å². The Balaban J connectivity index is 1.56. The first-order valence-corrected chi connectivity index (χ1v) is 9.41. The zero-order valence-electron chi connectivity index (χ0n) is 16.9. The molecule has 0 saturated carbocycles. The molecule has 146 valence electrons. The van der Waals surface area contributed by atoms with Crippen molar-refractivity contribution in [3.63, 3.8) is 0 Å².